The van der Waals surface area contributed by atoms with E-state index in [2.05, 4.69) is 5.32 Å². The highest BCUT2D eigenvalue weighted by Crippen LogP contribution is 2.24. The molecule has 0 aliphatic carbocycles. The van der Waals surface area contributed by atoms with Gasteiger partial charge in [0.25, 0.3) is 0 Å². The minimum absolute atomic E-state index is 0.366. The van der Waals surface area contributed by atoms with E-state index in [9.17, 15) is 8.42 Å². The van der Waals surface area contributed by atoms with Crippen molar-refractivity contribution in [2.24, 2.45) is 0 Å². The first-order valence-corrected chi connectivity index (χ1v) is 7.14. The molecule has 5 heteroatoms. The van der Waals surface area contributed by atoms with Crippen molar-refractivity contribution < 1.29 is 8.42 Å². The molecule has 3 nitrogen and oxygen atoms in total. The first-order valence-electron chi connectivity index (χ1n) is 4.72. The van der Waals surface area contributed by atoms with Crippen LogP contribution in [0.5, 0.6) is 0 Å². The van der Waals surface area contributed by atoms with Gasteiger partial charge < -0.3 is 5.32 Å². The molecule has 0 radical (unpaired) electrons. The Hall–Kier alpha value is -0.390. The molecule has 1 aromatic rings. The summed E-state index contributed by atoms with van der Waals surface area (Å²) in [5.74, 6) is 0. The Bertz CT molecular complexity index is 377. The van der Waals surface area contributed by atoms with Crippen molar-refractivity contribution in [3.05, 3.63) is 17.5 Å². The fraction of sp³-hybridized carbons (Fsp3) is 0.556. The first-order chi connectivity index (χ1) is 6.71. The highest BCUT2D eigenvalue weighted by atomic mass is 32.2. The zero-order valence-corrected chi connectivity index (χ0v) is 9.40. The molecule has 0 bridgehead atoms. The van der Waals surface area contributed by atoms with E-state index in [1.165, 1.54) is 11.3 Å². The maximum atomic E-state index is 12.0. The van der Waals surface area contributed by atoms with Gasteiger partial charge >= 0.3 is 0 Å². The molecule has 1 saturated heterocycles. The molecule has 0 saturated carbocycles. The predicted molar refractivity (Wildman–Crippen MR) is 57.1 cm³/mol. The molecule has 1 N–H and O–H groups in total. The van der Waals surface area contributed by atoms with Crippen LogP contribution in [0.2, 0.25) is 0 Å². The summed E-state index contributed by atoms with van der Waals surface area (Å²) in [6, 6.07) is 3.46. The summed E-state index contributed by atoms with van der Waals surface area (Å²) in [4.78, 5) is 0. The van der Waals surface area contributed by atoms with Gasteiger partial charge in [-0.3, -0.25) is 0 Å². The maximum absolute atomic E-state index is 12.0. The summed E-state index contributed by atoms with van der Waals surface area (Å²) in [6.07, 6.45) is 2.82. The molecule has 1 unspecified atom stereocenters. The van der Waals surface area contributed by atoms with Gasteiger partial charge in [0.15, 0.2) is 0 Å². The molecule has 0 amide bonds. The van der Waals surface area contributed by atoms with Gasteiger partial charge in [0.05, 0.1) is 0 Å². The largest absolute Gasteiger partial charge is 0.301 e. The van der Waals surface area contributed by atoms with Crippen LogP contribution in [0.3, 0.4) is 0 Å². The van der Waals surface area contributed by atoms with Crippen LogP contribution in [-0.4, -0.2) is 20.3 Å². The Labute approximate surface area is 88.1 Å². The van der Waals surface area contributed by atoms with E-state index >= 15 is 0 Å². The topological polar surface area (TPSA) is 46.2 Å². The van der Waals surface area contributed by atoms with Gasteiger partial charge in [-0.25, -0.2) is 8.42 Å². The van der Waals surface area contributed by atoms with E-state index in [1.54, 1.807) is 17.5 Å². The van der Waals surface area contributed by atoms with Crippen molar-refractivity contribution in [2.45, 2.75) is 28.8 Å². The van der Waals surface area contributed by atoms with Crippen LogP contribution in [-0.2, 0) is 9.84 Å². The van der Waals surface area contributed by atoms with Crippen LogP contribution in [0.1, 0.15) is 19.3 Å². The third kappa shape index (κ3) is 1.85. The van der Waals surface area contributed by atoms with Crippen molar-refractivity contribution in [1.82, 2.24) is 5.32 Å². The lowest BCUT2D eigenvalue weighted by atomic mass is 10.2. The number of hydrogen-bond acceptors (Lipinski definition) is 4. The molecule has 1 aliphatic rings. The van der Waals surface area contributed by atoms with E-state index in [0.29, 0.717) is 4.21 Å². The molecule has 0 spiro atoms. The van der Waals surface area contributed by atoms with Crippen molar-refractivity contribution in [3.8, 4) is 0 Å². The molecular formula is C9H13NO2S2. The van der Waals surface area contributed by atoms with Crippen LogP contribution in [0.25, 0.3) is 0 Å². The average molecular weight is 231 g/mol. The van der Waals surface area contributed by atoms with Gasteiger partial charge in [-0.05, 0) is 37.3 Å². The Morgan fingerprint density at radius 3 is 2.86 bits per heavy atom. The van der Waals surface area contributed by atoms with Gasteiger partial charge in [-0.2, -0.15) is 0 Å². The van der Waals surface area contributed by atoms with Crippen molar-refractivity contribution in [2.75, 3.05) is 6.54 Å². The van der Waals surface area contributed by atoms with Gasteiger partial charge in [-0.1, -0.05) is 6.07 Å². The van der Waals surface area contributed by atoms with Gasteiger partial charge in [0.2, 0.25) is 9.84 Å². The minimum Gasteiger partial charge on any atom is -0.301 e. The summed E-state index contributed by atoms with van der Waals surface area (Å²) >= 11 is 1.30. The molecule has 14 heavy (non-hydrogen) atoms. The average Bonchev–Trinajstić information content (AvgIpc) is 2.72. The lowest BCUT2D eigenvalue weighted by Crippen LogP contribution is -2.40. The number of thiophene rings is 1. The summed E-state index contributed by atoms with van der Waals surface area (Å²) in [5.41, 5.74) is 0. The molecule has 1 atom stereocenters. The number of piperidine rings is 1. The zero-order chi connectivity index (χ0) is 10.0. The quantitative estimate of drug-likeness (QED) is 0.841. The van der Waals surface area contributed by atoms with Crippen LogP contribution < -0.4 is 5.32 Å². The lowest BCUT2D eigenvalue weighted by Gasteiger charge is -2.22. The van der Waals surface area contributed by atoms with E-state index in [1.807, 2.05) is 0 Å². The van der Waals surface area contributed by atoms with Crippen molar-refractivity contribution in [1.29, 1.82) is 0 Å². The molecule has 0 aromatic carbocycles. The third-order valence-corrected chi connectivity index (χ3v) is 5.91. The number of sulfone groups is 1. The summed E-state index contributed by atoms with van der Waals surface area (Å²) in [5, 5.41) is 4.50. The summed E-state index contributed by atoms with van der Waals surface area (Å²) in [7, 11) is -3.11. The summed E-state index contributed by atoms with van der Waals surface area (Å²) < 4.78 is 24.5. The maximum Gasteiger partial charge on any atom is 0.203 e. The Balaban J connectivity index is 2.23. The molecule has 1 fully saturated rings. The monoisotopic (exact) mass is 231 g/mol. The van der Waals surface area contributed by atoms with E-state index in [0.717, 1.165) is 25.8 Å². The van der Waals surface area contributed by atoms with E-state index < -0.39 is 9.84 Å². The van der Waals surface area contributed by atoms with Crippen LogP contribution in [0.4, 0.5) is 0 Å². The zero-order valence-electron chi connectivity index (χ0n) is 7.77. The van der Waals surface area contributed by atoms with Crippen molar-refractivity contribution >= 4 is 21.2 Å². The first kappa shape index (κ1) is 10.1. The van der Waals surface area contributed by atoms with Gasteiger partial charge in [0.1, 0.15) is 9.58 Å². The highest BCUT2D eigenvalue weighted by molar-refractivity contribution is 7.94. The third-order valence-electron chi connectivity index (χ3n) is 2.42. The SMILES string of the molecule is O=S(=O)(c1cccs1)C1CCCCN1. The van der Waals surface area contributed by atoms with Crippen LogP contribution in [0.15, 0.2) is 21.7 Å². The molecule has 1 aromatic heterocycles. The van der Waals surface area contributed by atoms with E-state index in [4.69, 9.17) is 0 Å². The van der Waals surface area contributed by atoms with Gasteiger partial charge in [-0.15, -0.1) is 11.3 Å². The fourth-order valence-electron chi connectivity index (χ4n) is 1.65. The Kier molecular flexibility index (Phi) is 2.90. The lowest BCUT2D eigenvalue weighted by molar-refractivity contribution is 0.462. The van der Waals surface area contributed by atoms with Crippen LogP contribution >= 0.6 is 11.3 Å². The summed E-state index contributed by atoms with van der Waals surface area (Å²) in [6.45, 7) is 0.815. The fourth-order valence-corrected chi connectivity index (χ4v) is 4.51. The Morgan fingerprint density at radius 1 is 1.43 bits per heavy atom. The molecule has 2 heterocycles. The molecule has 78 valence electrons. The molecule has 2 rings (SSSR count). The minimum atomic E-state index is -3.11. The van der Waals surface area contributed by atoms with Crippen LogP contribution in [0, 0.1) is 0 Å². The standard InChI is InChI=1S/C9H13NO2S2/c11-14(12,9-5-3-7-13-9)8-4-1-2-6-10-8/h3,5,7-8,10H,1-2,4,6H2. The highest BCUT2D eigenvalue weighted by Gasteiger charge is 2.28. The second kappa shape index (κ2) is 4.00. The Morgan fingerprint density at radius 2 is 2.29 bits per heavy atom. The number of nitrogens with one attached hydrogen (secondary N) is 1. The second-order valence-corrected chi connectivity index (χ2v) is 6.72. The molecular weight excluding hydrogens is 218 g/mol. The van der Waals surface area contributed by atoms with E-state index in [-0.39, 0.29) is 5.37 Å². The van der Waals surface area contributed by atoms with Gasteiger partial charge in [0, 0.05) is 0 Å². The number of hydrogen-bond donors (Lipinski definition) is 1. The smallest absolute Gasteiger partial charge is 0.203 e. The normalized spacial score (nSPS) is 23.6. The molecule has 1 aliphatic heterocycles. The second-order valence-electron chi connectivity index (χ2n) is 3.42. The predicted octanol–water partition coefficient (Wildman–Crippen LogP) is 1.62. The van der Waals surface area contributed by atoms with Crippen molar-refractivity contribution in [3.63, 3.8) is 0 Å². The number of rotatable bonds is 2.